The molecule has 0 amide bonds. The highest BCUT2D eigenvalue weighted by Crippen LogP contribution is 2.39. The van der Waals surface area contributed by atoms with E-state index < -0.39 is 5.97 Å². The third-order valence-electron chi connectivity index (χ3n) is 2.75. The Kier molecular flexibility index (Phi) is 1.95. The van der Waals surface area contributed by atoms with Gasteiger partial charge in [-0.05, 0) is 36.1 Å². The molecule has 3 nitrogen and oxygen atoms in total. The minimum absolute atomic E-state index is 0.311. The predicted octanol–water partition coefficient (Wildman–Crippen LogP) is 1.73. The summed E-state index contributed by atoms with van der Waals surface area (Å²) in [6.45, 7) is 1.93. The van der Waals surface area contributed by atoms with Gasteiger partial charge in [0, 0.05) is 0 Å². The van der Waals surface area contributed by atoms with Gasteiger partial charge in [-0.25, -0.2) is 0 Å². The molecule has 0 saturated carbocycles. The van der Waals surface area contributed by atoms with Crippen LogP contribution in [0, 0.1) is 6.92 Å². The molecule has 0 aromatic heterocycles. The molecular formula is C11H12O3. The molecule has 1 aromatic rings. The maximum Gasteiger partial charge on any atom is 0.311 e. The second-order valence-electron chi connectivity index (χ2n) is 3.62. The van der Waals surface area contributed by atoms with Gasteiger partial charge in [0.15, 0.2) is 0 Å². The van der Waals surface area contributed by atoms with Crippen molar-refractivity contribution in [2.45, 2.75) is 19.3 Å². The second kappa shape index (κ2) is 3.01. The first-order chi connectivity index (χ1) is 6.63. The first-order valence-electron chi connectivity index (χ1n) is 4.53. The molecule has 0 spiro atoms. The Labute approximate surface area is 82.3 Å². The molecule has 2 rings (SSSR count). The molecule has 1 aliphatic rings. The molecule has 1 aromatic carbocycles. The van der Waals surface area contributed by atoms with E-state index in [0.29, 0.717) is 6.42 Å². The van der Waals surface area contributed by atoms with Gasteiger partial charge in [0.05, 0.1) is 13.0 Å². The number of hydrogen-bond donors (Lipinski definition) is 1. The van der Waals surface area contributed by atoms with Crippen molar-refractivity contribution in [2.24, 2.45) is 0 Å². The number of aryl methyl sites for hydroxylation is 1. The summed E-state index contributed by atoms with van der Waals surface area (Å²) in [7, 11) is 1.63. The Morgan fingerprint density at radius 2 is 2.29 bits per heavy atom. The van der Waals surface area contributed by atoms with Crippen LogP contribution in [0.4, 0.5) is 0 Å². The van der Waals surface area contributed by atoms with Crippen molar-refractivity contribution in [3.05, 3.63) is 28.8 Å². The van der Waals surface area contributed by atoms with Crippen LogP contribution in [-0.4, -0.2) is 18.2 Å². The van der Waals surface area contributed by atoms with Gasteiger partial charge in [-0.3, -0.25) is 4.79 Å². The topological polar surface area (TPSA) is 46.5 Å². The van der Waals surface area contributed by atoms with Crippen LogP contribution in [0.2, 0.25) is 0 Å². The summed E-state index contributed by atoms with van der Waals surface area (Å²) in [6.07, 6.45) is 0.626. The van der Waals surface area contributed by atoms with E-state index in [1.807, 2.05) is 19.1 Å². The standard InChI is InChI=1S/C11H12O3/c1-6-3-8-7(5-10(6)14-2)4-9(8)11(12)13/h3,5,9H,4H2,1-2H3,(H,12,13)/t9-/m1/s1. The van der Waals surface area contributed by atoms with E-state index >= 15 is 0 Å². The molecule has 0 radical (unpaired) electrons. The summed E-state index contributed by atoms with van der Waals surface area (Å²) in [5.41, 5.74) is 3.04. The monoisotopic (exact) mass is 192 g/mol. The van der Waals surface area contributed by atoms with Crippen molar-refractivity contribution in [2.75, 3.05) is 7.11 Å². The van der Waals surface area contributed by atoms with Gasteiger partial charge in [-0.1, -0.05) is 6.07 Å². The number of ether oxygens (including phenoxy) is 1. The number of carbonyl (C=O) groups is 1. The number of hydrogen-bond acceptors (Lipinski definition) is 2. The van der Waals surface area contributed by atoms with Crippen molar-refractivity contribution < 1.29 is 14.6 Å². The minimum Gasteiger partial charge on any atom is -0.496 e. The average Bonchev–Trinajstić information content (AvgIpc) is 2.10. The quantitative estimate of drug-likeness (QED) is 0.776. The van der Waals surface area contributed by atoms with Crippen LogP contribution in [0.3, 0.4) is 0 Å². The largest absolute Gasteiger partial charge is 0.496 e. The fraction of sp³-hybridized carbons (Fsp3) is 0.364. The van der Waals surface area contributed by atoms with Crippen molar-refractivity contribution in [3.63, 3.8) is 0 Å². The number of benzene rings is 1. The van der Waals surface area contributed by atoms with E-state index in [9.17, 15) is 4.79 Å². The lowest BCUT2D eigenvalue weighted by molar-refractivity contribution is -0.139. The second-order valence-corrected chi connectivity index (χ2v) is 3.62. The first-order valence-corrected chi connectivity index (χ1v) is 4.53. The molecule has 0 saturated heterocycles. The summed E-state index contributed by atoms with van der Waals surface area (Å²) < 4.78 is 5.16. The summed E-state index contributed by atoms with van der Waals surface area (Å²) >= 11 is 0. The molecular weight excluding hydrogens is 180 g/mol. The summed E-state index contributed by atoms with van der Waals surface area (Å²) in [4.78, 5) is 10.8. The van der Waals surface area contributed by atoms with Crippen LogP contribution in [0.1, 0.15) is 22.6 Å². The van der Waals surface area contributed by atoms with Gasteiger partial charge in [-0.15, -0.1) is 0 Å². The maximum absolute atomic E-state index is 10.8. The van der Waals surface area contributed by atoms with Crippen LogP contribution in [0.25, 0.3) is 0 Å². The molecule has 0 aliphatic heterocycles. The van der Waals surface area contributed by atoms with E-state index in [2.05, 4.69) is 0 Å². The predicted molar refractivity (Wildman–Crippen MR) is 51.8 cm³/mol. The number of carboxylic acids is 1. The molecule has 0 bridgehead atoms. The van der Waals surface area contributed by atoms with Crippen molar-refractivity contribution in [3.8, 4) is 5.75 Å². The lowest BCUT2D eigenvalue weighted by Crippen LogP contribution is -2.25. The lowest BCUT2D eigenvalue weighted by atomic mass is 9.77. The number of aliphatic carboxylic acids is 1. The molecule has 1 aliphatic carbocycles. The Hall–Kier alpha value is -1.51. The summed E-state index contributed by atoms with van der Waals surface area (Å²) in [5.74, 6) is -0.204. The van der Waals surface area contributed by atoms with Crippen LogP contribution >= 0.6 is 0 Å². The van der Waals surface area contributed by atoms with Crippen LogP contribution in [0.5, 0.6) is 5.75 Å². The highest BCUT2D eigenvalue weighted by atomic mass is 16.5. The maximum atomic E-state index is 10.8. The van der Waals surface area contributed by atoms with Gasteiger partial charge in [0.25, 0.3) is 0 Å². The van der Waals surface area contributed by atoms with E-state index in [1.54, 1.807) is 7.11 Å². The van der Waals surface area contributed by atoms with Crippen molar-refractivity contribution in [1.29, 1.82) is 0 Å². The fourth-order valence-corrected chi connectivity index (χ4v) is 1.89. The number of carboxylic acid groups (broad SMARTS) is 1. The molecule has 74 valence electrons. The number of rotatable bonds is 2. The molecule has 0 fully saturated rings. The Bertz CT molecular complexity index is 396. The number of methoxy groups -OCH3 is 1. The zero-order valence-corrected chi connectivity index (χ0v) is 8.20. The molecule has 3 heteroatoms. The smallest absolute Gasteiger partial charge is 0.311 e. The van der Waals surface area contributed by atoms with E-state index in [-0.39, 0.29) is 5.92 Å². The van der Waals surface area contributed by atoms with Gasteiger partial charge >= 0.3 is 5.97 Å². The number of fused-ring (bicyclic) bond motifs is 1. The van der Waals surface area contributed by atoms with E-state index in [0.717, 1.165) is 22.4 Å². The van der Waals surface area contributed by atoms with E-state index in [1.165, 1.54) is 0 Å². The Morgan fingerprint density at radius 3 is 2.86 bits per heavy atom. The normalized spacial score (nSPS) is 18.3. The van der Waals surface area contributed by atoms with Crippen molar-refractivity contribution >= 4 is 5.97 Å². The Balaban J connectivity index is 2.40. The minimum atomic E-state index is -0.734. The SMILES string of the molecule is COc1cc2c(cc1C)[C@H](C(=O)O)C2. The van der Waals surface area contributed by atoms with Crippen molar-refractivity contribution in [1.82, 2.24) is 0 Å². The molecule has 1 atom stereocenters. The fourth-order valence-electron chi connectivity index (χ4n) is 1.89. The molecule has 0 unspecified atom stereocenters. The Morgan fingerprint density at radius 1 is 1.57 bits per heavy atom. The lowest BCUT2D eigenvalue weighted by Gasteiger charge is -2.27. The van der Waals surface area contributed by atoms with Crippen LogP contribution in [-0.2, 0) is 11.2 Å². The molecule has 1 N–H and O–H groups in total. The van der Waals surface area contributed by atoms with Gasteiger partial charge in [0.1, 0.15) is 5.75 Å². The van der Waals surface area contributed by atoms with Gasteiger partial charge < -0.3 is 9.84 Å². The third kappa shape index (κ3) is 1.16. The third-order valence-corrected chi connectivity index (χ3v) is 2.75. The highest BCUT2D eigenvalue weighted by molar-refractivity contribution is 5.80. The molecule has 0 heterocycles. The van der Waals surface area contributed by atoms with Crippen LogP contribution < -0.4 is 4.74 Å². The average molecular weight is 192 g/mol. The van der Waals surface area contributed by atoms with E-state index in [4.69, 9.17) is 9.84 Å². The van der Waals surface area contributed by atoms with Crippen LogP contribution in [0.15, 0.2) is 12.1 Å². The molecule has 14 heavy (non-hydrogen) atoms. The zero-order valence-electron chi connectivity index (χ0n) is 8.20. The zero-order chi connectivity index (χ0) is 10.3. The van der Waals surface area contributed by atoms with Gasteiger partial charge in [0.2, 0.25) is 0 Å². The van der Waals surface area contributed by atoms with Gasteiger partial charge in [-0.2, -0.15) is 0 Å². The summed E-state index contributed by atoms with van der Waals surface area (Å²) in [6, 6.07) is 3.85. The summed E-state index contributed by atoms with van der Waals surface area (Å²) in [5, 5.41) is 8.87. The highest BCUT2D eigenvalue weighted by Gasteiger charge is 2.32. The first kappa shape index (κ1) is 9.06.